The second-order valence-corrected chi connectivity index (χ2v) is 6.91. The highest BCUT2D eigenvalue weighted by atomic mass is 32.2. The van der Waals surface area contributed by atoms with E-state index in [1.807, 2.05) is 32.0 Å². The van der Waals surface area contributed by atoms with Crippen molar-refractivity contribution in [2.75, 3.05) is 0 Å². The van der Waals surface area contributed by atoms with Crippen LogP contribution in [0.3, 0.4) is 0 Å². The van der Waals surface area contributed by atoms with Crippen molar-refractivity contribution in [3.63, 3.8) is 0 Å². The summed E-state index contributed by atoms with van der Waals surface area (Å²) < 4.78 is 31.4. The minimum atomic E-state index is -3.98. The van der Waals surface area contributed by atoms with E-state index in [1.165, 1.54) is 13.8 Å². The summed E-state index contributed by atoms with van der Waals surface area (Å²) in [4.78, 5) is 12.0. The first kappa shape index (κ1) is 16.2. The van der Waals surface area contributed by atoms with E-state index in [0.29, 0.717) is 0 Å². The van der Waals surface area contributed by atoms with Gasteiger partial charge in [0, 0.05) is 0 Å². The molecule has 1 heterocycles. The Morgan fingerprint density at radius 3 is 2.50 bits per heavy atom. The number of nitrogens with one attached hydrogen (secondary N) is 1. The van der Waals surface area contributed by atoms with Crippen molar-refractivity contribution in [1.82, 2.24) is 9.88 Å². The van der Waals surface area contributed by atoms with Crippen molar-refractivity contribution < 1.29 is 17.7 Å². The number of carbonyl (C=O) groups is 1. The predicted molar refractivity (Wildman–Crippen MR) is 80.9 cm³/mol. The van der Waals surface area contributed by atoms with Crippen LogP contribution in [-0.2, 0) is 21.2 Å². The number of hydrogen-bond acceptors (Lipinski definition) is 5. The molecule has 0 bridgehead atoms. The third-order valence-electron chi connectivity index (χ3n) is 3.34. The first-order chi connectivity index (χ1) is 10.2. The molecule has 0 atom stereocenters. The lowest BCUT2D eigenvalue weighted by Crippen LogP contribution is -2.32. The smallest absolute Gasteiger partial charge is 0.269 e. The molecule has 0 fully saturated rings. The van der Waals surface area contributed by atoms with Gasteiger partial charge < -0.3 is 4.52 Å². The van der Waals surface area contributed by atoms with Crippen LogP contribution in [0.1, 0.15) is 28.1 Å². The van der Waals surface area contributed by atoms with E-state index in [2.05, 4.69) is 9.88 Å². The lowest BCUT2D eigenvalue weighted by atomic mass is 10.0. The van der Waals surface area contributed by atoms with Gasteiger partial charge in [0.15, 0.2) is 10.7 Å². The molecule has 6 nitrogen and oxygen atoms in total. The second kappa shape index (κ2) is 5.92. The zero-order chi connectivity index (χ0) is 16.5. The van der Waals surface area contributed by atoms with E-state index in [1.54, 1.807) is 0 Å². The van der Waals surface area contributed by atoms with Gasteiger partial charge in [-0.25, -0.2) is 13.1 Å². The zero-order valence-corrected chi connectivity index (χ0v) is 13.7. The van der Waals surface area contributed by atoms with Crippen LogP contribution in [0, 0.1) is 27.7 Å². The summed E-state index contributed by atoms with van der Waals surface area (Å²) >= 11 is 0. The largest absolute Gasteiger partial charge is 0.360 e. The number of rotatable bonds is 4. The zero-order valence-electron chi connectivity index (χ0n) is 12.9. The molecule has 0 aliphatic heterocycles. The highest BCUT2D eigenvalue weighted by molar-refractivity contribution is 7.90. The summed E-state index contributed by atoms with van der Waals surface area (Å²) in [5, 5.41) is 3.59. The van der Waals surface area contributed by atoms with E-state index in [0.717, 1.165) is 16.7 Å². The van der Waals surface area contributed by atoms with Crippen LogP contribution in [0.25, 0.3) is 0 Å². The number of aryl methyl sites for hydroxylation is 4. The number of hydrogen-bond donors (Lipinski definition) is 1. The van der Waals surface area contributed by atoms with Crippen molar-refractivity contribution in [1.29, 1.82) is 0 Å². The van der Waals surface area contributed by atoms with E-state index in [4.69, 9.17) is 4.52 Å². The third kappa shape index (κ3) is 3.36. The number of sulfonamides is 1. The van der Waals surface area contributed by atoms with Gasteiger partial charge in [0.25, 0.3) is 10.0 Å². The molecule has 0 radical (unpaired) electrons. The topological polar surface area (TPSA) is 89.3 Å². The molecule has 0 saturated carbocycles. The number of nitrogens with zero attached hydrogens (tertiary/aromatic N) is 1. The minimum Gasteiger partial charge on any atom is -0.360 e. The minimum absolute atomic E-state index is 0.00385. The van der Waals surface area contributed by atoms with Crippen molar-refractivity contribution in [3.8, 4) is 0 Å². The highest BCUT2D eigenvalue weighted by Crippen LogP contribution is 2.19. The average Bonchev–Trinajstić information content (AvgIpc) is 2.73. The Bertz CT molecular complexity index is 803. The first-order valence-electron chi connectivity index (χ1n) is 6.75. The average molecular weight is 322 g/mol. The van der Waals surface area contributed by atoms with E-state index in [9.17, 15) is 13.2 Å². The molecule has 1 amide bonds. The van der Waals surface area contributed by atoms with Gasteiger partial charge in [-0.3, -0.25) is 4.79 Å². The highest BCUT2D eigenvalue weighted by Gasteiger charge is 2.26. The molecule has 0 aliphatic rings. The number of carbonyl (C=O) groups excluding carboxylic acids is 1. The molecule has 1 N–H and O–H groups in total. The quantitative estimate of drug-likeness (QED) is 0.929. The number of benzene rings is 1. The molecule has 0 saturated heterocycles. The lowest BCUT2D eigenvalue weighted by molar-refractivity contribution is -0.118. The van der Waals surface area contributed by atoms with Gasteiger partial charge in [-0.05, 0) is 38.8 Å². The SMILES string of the molecule is Cc1ccc(C)c(CC(=O)NS(=O)(=O)c2c(C)noc2C)c1. The van der Waals surface area contributed by atoms with Crippen LogP contribution in [0.4, 0.5) is 0 Å². The fourth-order valence-electron chi connectivity index (χ4n) is 2.26. The molecule has 1 aromatic heterocycles. The first-order valence-corrected chi connectivity index (χ1v) is 8.23. The van der Waals surface area contributed by atoms with Gasteiger partial charge in [-0.1, -0.05) is 28.9 Å². The Morgan fingerprint density at radius 2 is 1.91 bits per heavy atom. The van der Waals surface area contributed by atoms with Crippen LogP contribution in [0.15, 0.2) is 27.6 Å². The molecular formula is C15H18N2O4S. The Morgan fingerprint density at radius 1 is 1.23 bits per heavy atom. The fraction of sp³-hybridized carbons (Fsp3) is 0.333. The second-order valence-electron chi connectivity index (χ2n) is 5.29. The van der Waals surface area contributed by atoms with Gasteiger partial charge in [0.2, 0.25) is 5.91 Å². The number of amides is 1. The molecule has 2 aromatic rings. The molecule has 0 unspecified atom stereocenters. The van der Waals surface area contributed by atoms with Gasteiger partial charge >= 0.3 is 0 Å². The van der Waals surface area contributed by atoms with Crippen LogP contribution >= 0.6 is 0 Å². The predicted octanol–water partition coefficient (Wildman–Crippen LogP) is 1.96. The molecule has 7 heteroatoms. The maximum atomic E-state index is 12.3. The monoisotopic (exact) mass is 322 g/mol. The van der Waals surface area contributed by atoms with Gasteiger partial charge in [0.05, 0.1) is 6.42 Å². The van der Waals surface area contributed by atoms with Crippen molar-refractivity contribution >= 4 is 15.9 Å². The Balaban J connectivity index is 2.20. The Kier molecular flexibility index (Phi) is 4.37. The van der Waals surface area contributed by atoms with E-state index >= 15 is 0 Å². The molecule has 0 aliphatic carbocycles. The van der Waals surface area contributed by atoms with E-state index in [-0.39, 0.29) is 22.8 Å². The van der Waals surface area contributed by atoms with Gasteiger partial charge in [-0.2, -0.15) is 0 Å². The summed E-state index contributed by atoms with van der Waals surface area (Å²) in [7, 11) is -3.98. The summed E-state index contributed by atoms with van der Waals surface area (Å²) in [5.74, 6) is -0.432. The summed E-state index contributed by atoms with van der Waals surface area (Å²) in [6.45, 7) is 6.80. The van der Waals surface area contributed by atoms with Gasteiger partial charge in [-0.15, -0.1) is 0 Å². The normalized spacial score (nSPS) is 11.5. The fourth-order valence-corrected chi connectivity index (χ4v) is 3.57. The molecule has 22 heavy (non-hydrogen) atoms. The molecular weight excluding hydrogens is 304 g/mol. The van der Waals surface area contributed by atoms with E-state index < -0.39 is 15.9 Å². The Hall–Kier alpha value is -2.15. The standard InChI is InChI=1S/C15H18N2O4S/c1-9-5-6-10(2)13(7-9)8-14(18)17-22(19,20)15-11(3)16-21-12(15)4/h5-7H,8H2,1-4H3,(H,17,18). The maximum absolute atomic E-state index is 12.3. The van der Waals surface area contributed by atoms with Crippen LogP contribution in [-0.4, -0.2) is 19.5 Å². The van der Waals surface area contributed by atoms with Crippen molar-refractivity contribution in [2.45, 2.75) is 39.0 Å². The van der Waals surface area contributed by atoms with Crippen LogP contribution in [0.5, 0.6) is 0 Å². The molecule has 118 valence electrons. The lowest BCUT2D eigenvalue weighted by Gasteiger charge is -2.09. The van der Waals surface area contributed by atoms with Crippen molar-refractivity contribution in [3.05, 3.63) is 46.3 Å². The van der Waals surface area contributed by atoms with Crippen LogP contribution in [0.2, 0.25) is 0 Å². The third-order valence-corrected chi connectivity index (χ3v) is 4.96. The molecule has 1 aromatic carbocycles. The molecule has 0 spiro atoms. The number of aromatic nitrogens is 1. The van der Waals surface area contributed by atoms with Crippen molar-refractivity contribution in [2.24, 2.45) is 0 Å². The maximum Gasteiger partial charge on any atom is 0.269 e. The molecule has 2 rings (SSSR count). The summed E-state index contributed by atoms with van der Waals surface area (Å²) in [6.07, 6.45) is -0.00385. The van der Waals surface area contributed by atoms with Crippen LogP contribution < -0.4 is 4.72 Å². The van der Waals surface area contributed by atoms with Gasteiger partial charge in [0.1, 0.15) is 5.69 Å². The summed E-state index contributed by atoms with van der Waals surface area (Å²) in [5.41, 5.74) is 2.98. The Labute approximate surface area is 129 Å². The summed E-state index contributed by atoms with van der Waals surface area (Å²) in [6, 6.07) is 5.72.